The van der Waals surface area contributed by atoms with Crippen LogP contribution in [0.3, 0.4) is 0 Å². The molecule has 1 saturated heterocycles. The molecule has 4 nitrogen and oxygen atoms in total. The molecule has 2 atom stereocenters. The van der Waals surface area contributed by atoms with Gasteiger partial charge in [0.25, 0.3) is 0 Å². The zero-order chi connectivity index (χ0) is 12.1. The van der Waals surface area contributed by atoms with Crippen molar-refractivity contribution in [2.24, 2.45) is 11.8 Å². The first kappa shape index (κ1) is 12.8. The second kappa shape index (κ2) is 6.36. The van der Waals surface area contributed by atoms with Crippen LogP contribution in [0, 0.1) is 5.92 Å². The highest BCUT2D eigenvalue weighted by Gasteiger charge is 2.32. The topological polar surface area (TPSA) is 58.4 Å². The summed E-state index contributed by atoms with van der Waals surface area (Å²) in [5.41, 5.74) is 2.20. The van der Waals surface area contributed by atoms with Gasteiger partial charge in [-0.1, -0.05) is 12.8 Å². The van der Waals surface area contributed by atoms with E-state index in [1.165, 1.54) is 45.1 Å². The lowest BCUT2D eigenvalue weighted by atomic mass is 9.78. The Labute approximate surface area is 104 Å². The Morgan fingerprint density at radius 3 is 2.82 bits per heavy atom. The molecule has 0 radical (unpaired) electrons. The summed E-state index contributed by atoms with van der Waals surface area (Å²) >= 11 is 0. The Hall–Kier alpha value is -0.610. The predicted molar refractivity (Wildman–Crippen MR) is 68.1 cm³/mol. The van der Waals surface area contributed by atoms with Crippen LogP contribution in [-0.2, 0) is 4.79 Å². The molecule has 1 aliphatic carbocycles. The molecule has 1 saturated carbocycles. The average Bonchev–Trinajstić information content (AvgIpc) is 2.39. The lowest BCUT2D eigenvalue weighted by Crippen LogP contribution is -2.47. The van der Waals surface area contributed by atoms with Crippen molar-refractivity contribution < 1.29 is 4.79 Å². The molecule has 98 valence electrons. The summed E-state index contributed by atoms with van der Waals surface area (Å²) in [6.07, 6.45) is 9.86. The number of piperidine rings is 1. The minimum atomic E-state index is -0.0396. The number of nitrogens with zero attached hydrogens (tertiary/aromatic N) is 1. The summed E-state index contributed by atoms with van der Waals surface area (Å²) in [6, 6.07) is 0.804. The van der Waals surface area contributed by atoms with Crippen molar-refractivity contribution >= 4 is 5.91 Å². The lowest BCUT2D eigenvalue weighted by molar-refractivity contribution is -0.121. The van der Waals surface area contributed by atoms with Crippen molar-refractivity contribution in [3.63, 3.8) is 0 Å². The van der Waals surface area contributed by atoms with Crippen molar-refractivity contribution in [1.29, 1.82) is 0 Å². The standard InChI is InChI=1S/C13H25N3O/c14-15-13(17)8-4-10-16-9-3-6-11-5-1-2-7-12(11)16/h11-12H,1-10,14H2,(H,15,17)/t11-,12-/m1/s1. The number of nitrogens with two attached hydrogens (primary N) is 1. The van der Waals surface area contributed by atoms with Crippen LogP contribution in [0.25, 0.3) is 0 Å². The van der Waals surface area contributed by atoms with Gasteiger partial charge in [-0.05, 0) is 51.1 Å². The number of likely N-dealkylation sites (tertiary alicyclic amines) is 1. The highest BCUT2D eigenvalue weighted by atomic mass is 16.2. The zero-order valence-electron chi connectivity index (χ0n) is 10.7. The highest BCUT2D eigenvalue weighted by Crippen LogP contribution is 2.35. The fraction of sp³-hybridized carbons (Fsp3) is 0.923. The Morgan fingerprint density at radius 1 is 1.24 bits per heavy atom. The average molecular weight is 239 g/mol. The second-order valence-corrected chi connectivity index (χ2v) is 5.46. The first-order chi connectivity index (χ1) is 8.31. The van der Waals surface area contributed by atoms with Gasteiger partial charge in [-0.3, -0.25) is 10.2 Å². The van der Waals surface area contributed by atoms with Crippen LogP contribution in [0.1, 0.15) is 51.4 Å². The summed E-state index contributed by atoms with van der Waals surface area (Å²) in [6.45, 7) is 2.29. The van der Waals surface area contributed by atoms with Gasteiger partial charge in [-0.2, -0.15) is 0 Å². The number of amides is 1. The maximum absolute atomic E-state index is 11.1. The molecule has 2 rings (SSSR count). The van der Waals surface area contributed by atoms with Gasteiger partial charge < -0.3 is 4.90 Å². The molecule has 1 amide bonds. The molecule has 3 N–H and O–H groups in total. The van der Waals surface area contributed by atoms with E-state index < -0.39 is 0 Å². The van der Waals surface area contributed by atoms with Crippen molar-refractivity contribution in [3.05, 3.63) is 0 Å². The minimum Gasteiger partial charge on any atom is -0.300 e. The van der Waals surface area contributed by atoms with Crippen LogP contribution >= 0.6 is 0 Å². The molecule has 0 unspecified atom stereocenters. The molecule has 0 aromatic carbocycles. The van der Waals surface area contributed by atoms with Gasteiger partial charge in [0.1, 0.15) is 0 Å². The molecule has 0 spiro atoms. The molecule has 17 heavy (non-hydrogen) atoms. The second-order valence-electron chi connectivity index (χ2n) is 5.46. The molecule has 2 aliphatic rings. The van der Waals surface area contributed by atoms with Crippen LogP contribution in [0.5, 0.6) is 0 Å². The number of nitrogens with one attached hydrogen (secondary N) is 1. The van der Waals surface area contributed by atoms with E-state index in [1.807, 2.05) is 0 Å². The number of hydrogen-bond donors (Lipinski definition) is 2. The van der Waals surface area contributed by atoms with Gasteiger partial charge in [-0.15, -0.1) is 0 Å². The lowest BCUT2D eigenvalue weighted by Gasteiger charge is -2.44. The number of hydrogen-bond acceptors (Lipinski definition) is 3. The van der Waals surface area contributed by atoms with Gasteiger partial charge in [0, 0.05) is 12.5 Å². The van der Waals surface area contributed by atoms with E-state index in [2.05, 4.69) is 10.3 Å². The summed E-state index contributed by atoms with van der Waals surface area (Å²) < 4.78 is 0. The maximum atomic E-state index is 11.1. The predicted octanol–water partition coefficient (Wildman–Crippen LogP) is 1.41. The molecule has 1 aliphatic heterocycles. The zero-order valence-corrected chi connectivity index (χ0v) is 10.7. The third-order valence-corrected chi connectivity index (χ3v) is 4.37. The van der Waals surface area contributed by atoms with Gasteiger partial charge in [-0.25, -0.2) is 5.84 Å². The number of carbonyl (C=O) groups excluding carboxylic acids is 1. The third-order valence-electron chi connectivity index (χ3n) is 4.37. The minimum absolute atomic E-state index is 0.0396. The molecule has 1 heterocycles. The Bertz CT molecular complexity index is 255. The monoisotopic (exact) mass is 239 g/mol. The van der Waals surface area contributed by atoms with Gasteiger partial charge >= 0.3 is 0 Å². The first-order valence-electron chi connectivity index (χ1n) is 7.05. The molecular formula is C13H25N3O. The SMILES string of the molecule is NNC(=O)CCCN1CCC[C@H]2CCCC[C@H]21. The summed E-state index contributed by atoms with van der Waals surface area (Å²) in [4.78, 5) is 13.7. The maximum Gasteiger partial charge on any atom is 0.233 e. The molecular weight excluding hydrogens is 214 g/mol. The largest absolute Gasteiger partial charge is 0.300 e. The van der Waals surface area contributed by atoms with Crippen molar-refractivity contribution in [2.45, 2.75) is 57.4 Å². The normalized spacial score (nSPS) is 29.7. The third kappa shape index (κ3) is 3.42. The van der Waals surface area contributed by atoms with Crippen molar-refractivity contribution in [2.75, 3.05) is 13.1 Å². The van der Waals surface area contributed by atoms with Crippen LogP contribution in [0.15, 0.2) is 0 Å². The van der Waals surface area contributed by atoms with E-state index in [-0.39, 0.29) is 5.91 Å². The summed E-state index contributed by atoms with van der Waals surface area (Å²) in [5, 5.41) is 0. The molecule has 4 heteroatoms. The van der Waals surface area contributed by atoms with Crippen LogP contribution < -0.4 is 11.3 Å². The molecule has 0 aromatic rings. The number of carbonyl (C=O) groups is 1. The van der Waals surface area contributed by atoms with Gasteiger partial charge in [0.05, 0.1) is 0 Å². The van der Waals surface area contributed by atoms with Crippen molar-refractivity contribution in [1.82, 2.24) is 10.3 Å². The summed E-state index contributed by atoms with van der Waals surface area (Å²) in [5.74, 6) is 5.98. The van der Waals surface area contributed by atoms with Crippen LogP contribution in [0.2, 0.25) is 0 Å². The van der Waals surface area contributed by atoms with E-state index in [9.17, 15) is 4.79 Å². The molecule has 0 aromatic heterocycles. The Kier molecular flexibility index (Phi) is 4.80. The Morgan fingerprint density at radius 2 is 2.00 bits per heavy atom. The Balaban J connectivity index is 1.76. The van der Waals surface area contributed by atoms with E-state index in [1.54, 1.807) is 0 Å². The fourth-order valence-electron chi connectivity index (χ4n) is 3.52. The van der Waals surface area contributed by atoms with Crippen LogP contribution in [-0.4, -0.2) is 29.9 Å². The van der Waals surface area contributed by atoms with Crippen LogP contribution in [0.4, 0.5) is 0 Å². The van der Waals surface area contributed by atoms with E-state index in [0.29, 0.717) is 6.42 Å². The first-order valence-corrected chi connectivity index (χ1v) is 7.05. The number of rotatable bonds is 4. The highest BCUT2D eigenvalue weighted by molar-refractivity contribution is 5.75. The number of fused-ring (bicyclic) bond motifs is 1. The van der Waals surface area contributed by atoms with E-state index in [4.69, 9.17) is 5.84 Å². The van der Waals surface area contributed by atoms with E-state index in [0.717, 1.165) is 24.9 Å². The quantitative estimate of drug-likeness (QED) is 0.443. The van der Waals surface area contributed by atoms with E-state index >= 15 is 0 Å². The van der Waals surface area contributed by atoms with Gasteiger partial charge in [0.15, 0.2) is 0 Å². The fourth-order valence-corrected chi connectivity index (χ4v) is 3.52. The van der Waals surface area contributed by atoms with Gasteiger partial charge in [0.2, 0.25) is 5.91 Å². The molecule has 0 bridgehead atoms. The smallest absolute Gasteiger partial charge is 0.233 e. The van der Waals surface area contributed by atoms with Crippen molar-refractivity contribution in [3.8, 4) is 0 Å². The molecule has 2 fully saturated rings. The number of hydrazine groups is 1. The summed E-state index contributed by atoms with van der Waals surface area (Å²) in [7, 11) is 0.